The fourth-order valence-electron chi connectivity index (χ4n) is 3.63. The normalized spacial score (nSPS) is 11.0. The van der Waals surface area contributed by atoms with Gasteiger partial charge in [-0.25, -0.2) is 4.79 Å². The summed E-state index contributed by atoms with van der Waals surface area (Å²) < 4.78 is 1.63. The predicted molar refractivity (Wildman–Crippen MR) is 120 cm³/mol. The Kier molecular flexibility index (Phi) is 5.63. The molecule has 5 heteroatoms. The van der Waals surface area contributed by atoms with Gasteiger partial charge >= 0.3 is 5.69 Å². The lowest BCUT2D eigenvalue weighted by Crippen LogP contribution is -2.23. The number of fused-ring (bicyclic) bond motifs is 1. The van der Waals surface area contributed by atoms with E-state index < -0.39 is 0 Å². The van der Waals surface area contributed by atoms with E-state index in [1.54, 1.807) is 17.7 Å². The second-order valence-corrected chi connectivity index (χ2v) is 7.44. The predicted octanol–water partition coefficient (Wildman–Crippen LogP) is 5.26. The van der Waals surface area contributed by atoms with Gasteiger partial charge in [-0.05, 0) is 60.7 Å². The molecule has 0 bridgehead atoms. The molecule has 0 amide bonds. The molecule has 0 unspecified atom stereocenters. The lowest BCUT2D eigenvalue weighted by molar-refractivity contribution is 0.819. The molecule has 1 N–H and O–H groups in total. The van der Waals surface area contributed by atoms with Crippen molar-refractivity contribution in [2.45, 2.75) is 19.3 Å². The minimum atomic E-state index is -0.328. The fraction of sp³-hybridized carbons (Fsp3) is 0.167. The Hall–Kier alpha value is -3.11. The topological polar surface area (TPSA) is 46.9 Å². The van der Waals surface area contributed by atoms with Crippen LogP contribution in [0.5, 0.6) is 0 Å². The number of halogens is 1. The van der Waals surface area contributed by atoms with Crippen molar-refractivity contribution in [3.05, 3.63) is 99.4 Å². The zero-order valence-electron chi connectivity index (χ0n) is 16.2. The van der Waals surface area contributed by atoms with Crippen LogP contribution in [0.3, 0.4) is 0 Å². The van der Waals surface area contributed by atoms with Gasteiger partial charge in [0.05, 0.1) is 11.2 Å². The Morgan fingerprint density at radius 3 is 2.48 bits per heavy atom. The maximum atomic E-state index is 12.8. The van der Waals surface area contributed by atoms with Gasteiger partial charge in [0.2, 0.25) is 0 Å². The second kappa shape index (κ2) is 8.50. The third-order valence-corrected chi connectivity index (χ3v) is 5.27. The third-order valence-electron chi connectivity index (χ3n) is 5.03. The molecule has 1 heterocycles. The number of benzene rings is 3. The van der Waals surface area contributed by atoms with Gasteiger partial charge in [0, 0.05) is 17.5 Å². The van der Waals surface area contributed by atoms with Crippen molar-refractivity contribution in [3.63, 3.8) is 0 Å². The van der Waals surface area contributed by atoms with Crippen molar-refractivity contribution < 1.29 is 0 Å². The molecule has 0 aliphatic rings. The molecule has 4 aromatic rings. The molecular formula is C24H22ClN3O. The molecule has 0 atom stereocenters. The lowest BCUT2D eigenvalue weighted by atomic mass is 10.0. The highest BCUT2D eigenvalue weighted by molar-refractivity contribution is 6.31. The van der Waals surface area contributed by atoms with Crippen LogP contribution in [0.15, 0.2) is 77.6 Å². The van der Waals surface area contributed by atoms with E-state index in [1.165, 1.54) is 11.1 Å². The number of aromatic nitrogens is 2. The zero-order chi connectivity index (χ0) is 20.2. The number of nitrogens with one attached hydrogen (secondary N) is 1. The first-order chi connectivity index (χ1) is 14.2. The molecule has 0 radical (unpaired) electrons. The number of rotatable bonds is 6. The van der Waals surface area contributed by atoms with Crippen LogP contribution >= 0.6 is 11.6 Å². The molecular weight excluding hydrogens is 382 g/mol. The van der Waals surface area contributed by atoms with E-state index >= 15 is 0 Å². The summed E-state index contributed by atoms with van der Waals surface area (Å²) in [5.41, 5.74) is 3.74. The molecule has 29 heavy (non-hydrogen) atoms. The second-order valence-electron chi connectivity index (χ2n) is 7.00. The van der Waals surface area contributed by atoms with Gasteiger partial charge in [0.25, 0.3) is 0 Å². The van der Waals surface area contributed by atoms with Crippen LogP contribution in [0.2, 0.25) is 5.02 Å². The SMILES string of the molecule is CNc1nc(=O)n(-c2cccc(CCCc3ccccc3)c2)c2cc(Cl)ccc12. The largest absolute Gasteiger partial charge is 0.372 e. The average molecular weight is 404 g/mol. The van der Waals surface area contributed by atoms with Crippen molar-refractivity contribution in [3.8, 4) is 5.69 Å². The lowest BCUT2D eigenvalue weighted by Gasteiger charge is -2.14. The molecule has 4 nitrogen and oxygen atoms in total. The minimum Gasteiger partial charge on any atom is -0.372 e. The maximum absolute atomic E-state index is 12.8. The summed E-state index contributed by atoms with van der Waals surface area (Å²) >= 11 is 6.23. The molecule has 0 spiro atoms. The first-order valence-electron chi connectivity index (χ1n) is 9.69. The monoisotopic (exact) mass is 403 g/mol. The molecule has 0 saturated carbocycles. The van der Waals surface area contributed by atoms with E-state index in [0.717, 1.165) is 35.9 Å². The molecule has 1 aromatic heterocycles. The molecule has 0 saturated heterocycles. The van der Waals surface area contributed by atoms with Gasteiger partial charge in [-0.15, -0.1) is 0 Å². The number of nitrogens with zero attached hydrogens (tertiary/aromatic N) is 2. The van der Waals surface area contributed by atoms with Crippen LogP contribution in [-0.2, 0) is 12.8 Å². The Morgan fingerprint density at radius 1 is 0.931 bits per heavy atom. The summed E-state index contributed by atoms with van der Waals surface area (Å²) in [6.45, 7) is 0. The number of hydrogen-bond acceptors (Lipinski definition) is 3. The van der Waals surface area contributed by atoms with Crippen molar-refractivity contribution in [1.29, 1.82) is 0 Å². The van der Waals surface area contributed by atoms with E-state index in [-0.39, 0.29) is 5.69 Å². The third kappa shape index (κ3) is 4.17. The first kappa shape index (κ1) is 19.2. The van der Waals surface area contributed by atoms with E-state index in [1.807, 2.05) is 30.3 Å². The Morgan fingerprint density at radius 2 is 1.69 bits per heavy atom. The minimum absolute atomic E-state index is 0.328. The van der Waals surface area contributed by atoms with Crippen LogP contribution in [-0.4, -0.2) is 16.6 Å². The van der Waals surface area contributed by atoms with E-state index in [2.05, 4.69) is 46.7 Å². The van der Waals surface area contributed by atoms with Crippen LogP contribution in [0.4, 0.5) is 5.82 Å². The standard InChI is InChI=1S/C24H22ClN3O/c1-26-23-21-14-13-19(25)16-22(21)28(24(29)27-23)20-12-6-11-18(15-20)10-5-9-17-7-3-2-4-8-17/h2-4,6-8,11-16H,5,9-10H2,1H3,(H,26,27,29). The quantitative estimate of drug-likeness (QED) is 0.478. The molecule has 0 aliphatic heterocycles. The average Bonchev–Trinajstić information content (AvgIpc) is 2.74. The Labute approximate surface area is 174 Å². The zero-order valence-corrected chi connectivity index (χ0v) is 17.0. The van der Waals surface area contributed by atoms with E-state index in [9.17, 15) is 4.79 Å². The van der Waals surface area contributed by atoms with Crippen LogP contribution < -0.4 is 11.0 Å². The summed E-state index contributed by atoms with van der Waals surface area (Å²) in [5, 5.41) is 4.43. The van der Waals surface area contributed by atoms with Crippen molar-refractivity contribution >= 4 is 28.3 Å². The van der Waals surface area contributed by atoms with Crippen LogP contribution in [0.25, 0.3) is 16.6 Å². The fourth-order valence-corrected chi connectivity index (χ4v) is 3.80. The highest BCUT2D eigenvalue weighted by Crippen LogP contribution is 2.25. The van der Waals surface area contributed by atoms with Gasteiger partial charge in [0.1, 0.15) is 5.82 Å². The summed E-state index contributed by atoms with van der Waals surface area (Å²) in [6.07, 6.45) is 3.02. The molecule has 146 valence electrons. The molecule has 4 rings (SSSR count). The highest BCUT2D eigenvalue weighted by atomic mass is 35.5. The number of anilines is 1. The van der Waals surface area contributed by atoms with Gasteiger partial charge < -0.3 is 5.32 Å². The Balaban J connectivity index is 1.68. The maximum Gasteiger partial charge on any atom is 0.354 e. The number of aryl methyl sites for hydroxylation is 2. The molecule has 3 aromatic carbocycles. The summed E-state index contributed by atoms with van der Waals surface area (Å²) in [4.78, 5) is 17.0. The molecule has 0 fully saturated rings. The first-order valence-corrected chi connectivity index (χ1v) is 10.1. The summed E-state index contributed by atoms with van der Waals surface area (Å²) in [6, 6.07) is 24.1. The van der Waals surface area contributed by atoms with Crippen LogP contribution in [0.1, 0.15) is 17.5 Å². The van der Waals surface area contributed by atoms with Crippen LogP contribution in [0, 0.1) is 0 Å². The van der Waals surface area contributed by atoms with Gasteiger partial charge in [-0.2, -0.15) is 4.98 Å². The van der Waals surface area contributed by atoms with Gasteiger partial charge in [0.15, 0.2) is 0 Å². The highest BCUT2D eigenvalue weighted by Gasteiger charge is 2.12. The molecule has 0 aliphatic carbocycles. The van der Waals surface area contributed by atoms with Crippen molar-refractivity contribution in [1.82, 2.24) is 9.55 Å². The Bertz CT molecular complexity index is 1200. The van der Waals surface area contributed by atoms with Gasteiger partial charge in [-0.1, -0.05) is 54.1 Å². The van der Waals surface area contributed by atoms with Gasteiger partial charge in [-0.3, -0.25) is 4.57 Å². The number of hydrogen-bond donors (Lipinski definition) is 1. The van der Waals surface area contributed by atoms with Crippen molar-refractivity contribution in [2.75, 3.05) is 12.4 Å². The summed E-state index contributed by atoms with van der Waals surface area (Å²) in [5.74, 6) is 0.553. The summed E-state index contributed by atoms with van der Waals surface area (Å²) in [7, 11) is 1.76. The van der Waals surface area contributed by atoms with Crippen molar-refractivity contribution in [2.24, 2.45) is 0 Å². The smallest absolute Gasteiger partial charge is 0.354 e. The van der Waals surface area contributed by atoms with E-state index in [4.69, 9.17) is 11.6 Å². The van der Waals surface area contributed by atoms with E-state index in [0.29, 0.717) is 10.8 Å².